The summed E-state index contributed by atoms with van der Waals surface area (Å²) in [5, 5.41) is 4.12. The minimum Gasteiger partial charge on any atom is -0.369 e. The van der Waals surface area contributed by atoms with Crippen molar-refractivity contribution in [2.75, 3.05) is 4.90 Å². The summed E-state index contributed by atoms with van der Waals surface area (Å²) >= 11 is 0. The zero-order chi connectivity index (χ0) is 17.5. The van der Waals surface area contributed by atoms with E-state index in [4.69, 9.17) is 10.3 Å². The van der Waals surface area contributed by atoms with Gasteiger partial charge in [-0.3, -0.25) is 4.79 Å². The number of para-hydroxylation sites is 1. The summed E-state index contributed by atoms with van der Waals surface area (Å²) in [6.45, 7) is 8.77. The largest absolute Gasteiger partial charge is 0.369 e. The Bertz CT molecular complexity index is 747. The van der Waals surface area contributed by atoms with Gasteiger partial charge in [0.1, 0.15) is 0 Å². The van der Waals surface area contributed by atoms with Crippen LogP contribution in [0.5, 0.6) is 0 Å². The monoisotopic (exact) mass is 328 g/mol. The Balaban J connectivity index is 1.92. The summed E-state index contributed by atoms with van der Waals surface area (Å²) in [6, 6.07) is 8.06. The highest BCUT2D eigenvalue weighted by Crippen LogP contribution is 2.38. The van der Waals surface area contributed by atoms with Crippen LogP contribution in [0.15, 0.2) is 28.8 Å². The minimum atomic E-state index is -0.275. The van der Waals surface area contributed by atoms with E-state index in [0.717, 1.165) is 11.3 Å². The molecule has 0 bridgehead atoms. The maximum absolute atomic E-state index is 11.8. The van der Waals surface area contributed by atoms with E-state index in [1.165, 1.54) is 0 Å². The fourth-order valence-electron chi connectivity index (χ4n) is 3.16. The predicted octanol–water partition coefficient (Wildman–Crippen LogP) is 2.73. The Morgan fingerprint density at radius 1 is 1.38 bits per heavy atom. The van der Waals surface area contributed by atoms with E-state index in [9.17, 15) is 4.79 Å². The van der Waals surface area contributed by atoms with Crippen molar-refractivity contribution in [2.45, 2.75) is 58.0 Å². The second kappa shape index (κ2) is 5.92. The molecule has 1 aromatic carbocycles. The van der Waals surface area contributed by atoms with E-state index in [2.05, 4.69) is 22.0 Å². The van der Waals surface area contributed by atoms with E-state index < -0.39 is 0 Å². The molecule has 1 aliphatic heterocycles. The Kier molecular flexibility index (Phi) is 4.07. The average molecular weight is 328 g/mol. The van der Waals surface area contributed by atoms with Gasteiger partial charge in [-0.2, -0.15) is 4.98 Å². The molecule has 2 heterocycles. The van der Waals surface area contributed by atoms with Gasteiger partial charge >= 0.3 is 0 Å². The molecule has 0 aliphatic carbocycles. The fraction of sp³-hybridized carbons (Fsp3) is 0.500. The van der Waals surface area contributed by atoms with Crippen molar-refractivity contribution < 1.29 is 9.32 Å². The topological polar surface area (TPSA) is 85.3 Å². The van der Waals surface area contributed by atoms with Crippen molar-refractivity contribution in [3.63, 3.8) is 0 Å². The van der Waals surface area contributed by atoms with Gasteiger partial charge in [0, 0.05) is 17.1 Å². The van der Waals surface area contributed by atoms with Gasteiger partial charge in [0.15, 0.2) is 5.82 Å². The number of rotatable bonds is 3. The zero-order valence-corrected chi connectivity index (χ0v) is 14.6. The van der Waals surface area contributed by atoms with Gasteiger partial charge in [-0.1, -0.05) is 44.1 Å². The fourth-order valence-corrected chi connectivity index (χ4v) is 3.16. The number of carbonyl (C=O) groups is 1. The molecule has 24 heavy (non-hydrogen) atoms. The molecule has 0 saturated carbocycles. The van der Waals surface area contributed by atoms with Crippen LogP contribution in [0.4, 0.5) is 5.69 Å². The van der Waals surface area contributed by atoms with Gasteiger partial charge in [0.25, 0.3) is 0 Å². The highest BCUT2D eigenvalue weighted by atomic mass is 16.5. The van der Waals surface area contributed by atoms with Gasteiger partial charge in [-0.05, 0) is 25.0 Å². The highest BCUT2D eigenvalue weighted by molar-refractivity contribution is 5.85. The molecular formula is C18H24N4O2. The van der Waals surface area contributed by atoms with Crippen molar-refractivity contribution in [3.8, 4) is 0 Å². The van der Waals surface area contributed by atoms with Gasteiger partial charge < -0.3 is 15.2 Å². The molecule has 3 rings (SSSR count). The second-order valence-corrected chi connectivity index (χ2v) is 7.49. The molecule has 0 unspecified atom stereocenters. The van der Waals surface area contributed by atoms with Crippen molar-refractivity contribution >= 4 is 11.6 Å². The Morgan fingerprint density at radius 2 is 2.08 bits per heavy atom. The van der Waals surface area contributed by atoms with Crippen molar-refractivity contribution in [1.29, 1.82) is 0 Å². The van der Waals surface area contributed by atoms with E-state index in [1.807, 2.05) is 45.0 Å². The molecule has 2 aromatic rings. The minimum absolute atomic E-state index is 0.161. The van der Waals surface area contributed by atoms with Crippen LogP contribution in [-0.4, -0.2) is 22.1 Å². The molecule has 0 radical (unpaired) electrons. The molecule has 6 heteroatoms. The summed E-state index contributed by atoms with van der Waals surface area (Å²) in [4.78, 5) is 18.5. The standard InChI is InChI=1S/C18H24N4O2/c1-11-9-13(16(19)23)12-7-5-6-8-14(12)22(11)10-15-20-17(24-21-15)18(2,3)4/h5-8,11,13H,9-10H2,1-4H3,(H2,19,23)/t11-,13+/m1/s1. The van der Waals surface area contributed by atoms with Gasteiger partial charge in [0.05, 0.1) is 12.5 Å². The van der Waals surface area contributed by atoms with Gasteiger partial charge in [0.2, 0.25) is 11.8 Å². The van der Waals surface area contributed by atoms with Crippen LogP contribution in [0.1, 0.15) is 57.3 Å². The summed E-state index contributed by atoms with van der Waals surface area (Å²) in [5.41, 5.74) is 7.41. The van der Waals surface area contributed by atoms with Gasteiger partial charge in [-0.15, -0.1) is 0 Å². The number of amides is 1. The average Bonchev–Trinajstić information content (AvgIpc) is 2.98. The molecular weight excluding hydrogens is 304 g/mol. The number of aromatic nitrogens is 2. The molecule has 2 N–H and O–H groups in total. The first kappa shape index (κ1) is 16.5. The van der Waals surface area contributed by atoms with Crippen LogP contribution in [0.3, 0.4) is 0 Å². The number of hydrogen-bond donors (Lipinski definition) is 1. The summed E-state index contributed by atoms with van der Waals surface area (Å²) in [5.74, 6) is 0.760. The quantitative estimate of drug-likeness (QED) is 0.936. The van der Waals surface area contributed by atoms with Gasteiger partial charge in [-0.25, -0.2) is 0 Å². The van der Waals surface area contributed by atoms with Crippen LogP contribution in [0.25, 0.3) is 0 Å². The van der Waals surface area contributed by atoms with Crippen molar-refractivity contribution in [3.05, 3.63) is 41.5 Å². The lowest BCUT2D eigenvalue weighted by Crippen LogP contribution is -2.41. The smallest absolute Gasteiger partial charge is 0.232 e. The van der Waals surface area contributed by atoms with Crippen LogP contribution in [0.2, 0.25) is 0 Å². The Labute approximate surface area is 142 Å². The molecule has 1 aromatic heterocycles. The maximum Gasteiger partial charge on any atom is 0.232 e. The van der Waals surface area contributed by atoms with Crippen molar-refractivity contribution in [1.82, 2.24) is 10.1 Å². The molecule has 0 spiro atoms. The van der Waals surface area contributed by atoms with Crippen LogP contribution >= 0.6 is 0 Å². The normalized spacial score (nSPS) is 20.8. The predicted molar refractivity (Wildman–Crippen MR) is 91.6 cm³/mol. The first-order valence-electron chi connectivity index (χ1n) is 8.25. The molecule has 2 atom stereocenters. The maximum atomic E-state index is 11.8. The number of nitrogens with zero attached hydrogens (tertiary/aromatic N) is 3. The van der Waals surface area contributed by atoms with E-state index in [0.29, 0.717) is 24.7 Å². The number of fused-ring (bicyclic) bond motifs is 1. The highest BCUT2D eigenvalue weighted by Gasteiger charge is 2.33. The van der Waals surface area contributed by atoms with Crippen LogP contribution in [-0.2, 0) is 16.8 Å². The Hall–Kier alpha value is -2.37. The van der Waals surface area contributed by atoms with E-state index >= 15 is 0 Å². The van der Waals surface area contributed by atoms with Crippen LogP contribution in [0, 0.1) is 0 Å². The number of anilines is 1. The zero-order valence-electron chi connectivity index (χ0n) is 14.6. The first-order valence-corrected chi connectivity index (χ1v) is 8.25. The SMILES string of the molecule is C[C@@H]1C[C@H](C(N)=O)c2ccccc2N1Cc1noc(C(C)(C)C)n1. The number of carbonyl (C=O) groups excluding carboxylic acids is 1. The molecule has 128 valence electrons. The summed E-state index contributed by atoms with van der Waals surface area (Å²) < 4.78 is 5.39. The van der Waals surface area contributed by atoms with E-state index in [-0.39, 0.29) is 23.3 Å². The lowest BCUT2D eigenvalue weighted by Gasteiger charge is -2.39. The third-order valence-corrected chi connectivity index (χ3v) is 4.50. The number of nitrogens with two attached hydrogens (primary N) is 1. The molecule has 6 nitrogen and oxygen atoms in total. The molecule has 0 fully saturated rings. The second-order valence-electron chi connectivity index (χ2n) is 7.49. The molecule has 1 aliphatic rings. The van der Waals surface area contributed by atoms with Crippen molar-refractivity contribution in [2.24, 2.45) is 5.73 Å². The molecule has 0 saturated heterocycles. The number of hydrogen-bond acceptors (Lipinski definition) is 5. The number of primary amides is 1. The lowest BCUT2D eigenvalue weighted by atomic mass is 9.85. The third kappa shape index (κ3) is 3.00. The Morgan fingerprint density at radius 3 is 2.71 bits per heavy atom. The van der Waals surface area contributed by atoms with Crippen LogP contribution < -0.4 is 10.6 Å². The van der Waals surface area contributed by atoms with E-state index in [1.54, 1.807) is 0 Å². The third-order valence-electron chi connectivity index (χ3n) is 4.50. The molecule has 1 amide bonds. The summed E-state index contributed by atoms with van der Waals surface area (Å²) in [7, 11) is 0. The number of benzene rings is 1. The lowest BCUT2D eigenvalue weighted by molar-refractivity contribution is -0.119. The first-order chi connectivity index (χ1) is 11.3. The summed E-state index contributed by atoms with van der Waals surface area (Å²) in [6.07, 6.45) is 0.691.